The molecule has 3 amide bonds. The SMILES string of the molecule is CC[C@H](C(=O)N(C)C)N1C(=O)[C@@H]2[C@H](C1=O)[C@H]1C=C[C@H]2CC1. The van der Waals surface area contributed by atoms with Crippen molar-refractivity contribution in [3.63, 3.8) is 0 Å². The van der Waals surface area contributed by atoms with Crippen LogP contribution in [0.5, 0.6) is 0 Å². The van der Waals surface area contributed by atoms with E-state index in [9.17, 15) is 14.4 Å². The number of hydrogen-bond donors (Lipinski definition) is 0. The summed E-state index contributed by atoms with van der Waals surface area (Å²) in [5.41, 5.74) is 0. The summed E-state index contributed by atoms with van der Waals surface area (Å²) in [5.74, 6) is -0.548. The van der Waals surface area contributed by atoms with E-state index in [-0.39, 0.29) is 41.4 Å². The molecule has 21 heavy (non-hydrogen) atoms. The van der Waals surface area contributed by atoms with Crippen LogP contribution in [0.15, 0.2) is 12.2 Å². The third-order valence-corrected chi connectivity index (χ3v) is 5.22. The molecule has 1 saturated carbocycles. The minimum atomic E-state index is -0.648. The van der Waals surface area contributed by atoms with Gasteiger partial charge in [0.05, 0.1) is 11.8 Å². The van der Waals surface area contributed by atoms with Gasteiger partial charge in [-0.2, -0.15) is 0 Å². The van der Waals surface area contributed by atoms with Gasteiger partial charge in [0.25, 0.3) is 0 Å². The Morgan fingerprint density at radius 3 is 2.00 bits per heavy atom. The molecule has 0 aromatic carbocycles. The van der Waals surface area contributed by atoms with Crippen LogP contribution in [0, 0.1) is 23.7 Å². The first-order valence-corrected chi connectivity index (χ1v) is 7.73. The average molecular weight is 290 g/mol. The molecule has 2 bridgehead atoms. The highest BCUT2D eigenvalue weighted by atomic mass is 16.2. The Balaban J connectivity index is 1.93. The number of allylic oxidation sites excluding steroid dienone is 2. The summed E-state index contributed by atoms with van der Waals surface area (Å²) in [4.78, 5) is 40.6. The first-order valence-electron chi connectivity index (χ1n) is 7.73. The number of imide groups is 1. The Morgan fingerprint density at radius 1 is 1.19 bits per heavy atom. The van der Waals surface area contributed by atoms with Gasteiger partial charge in [0, 0.05) is 14.1 Å². The molecule has 4 aliphatic rings. The van der Waals surface area contributed by atoms with E-state index in [4.69, 9.17) is 0 Å². The molecule has 3 aliphatic carbocycles. The summed E-state index contributed by atoms with van der Waals surface area (Å²) in [5, 5.41) is 0. The van der Waals surface area contributed by atoms with E-state index in [1.807, 2.05) is 6.92 Å². The first kappa shape index (κ1) is 14.3. The molecular formula is C16H22N2O3. The Labute approximate surface area is 125 Å². The van der Waals surface area contributed by atoms with Crippen LogP contribution in [0.3, 0.4) is 0 Å². The predicted octanol–water partition coefficient (Wildman–Crippen LogP) is 1.05. The Morgan fingerprint density at radius 2 is 1.67 bits per heavy atom. The van der Waals surface area contributed by atoms with Crippen LogP contribution in [0.2, 0.25) is 0 Å². The number of carbonyl (C=O) groups is 3. The van der Waals surface area contributed by atoms with Gasteiger partial charge in [-0.15, -0.1) is 0 Å². The molecule has 0 N–H and O–H groups in total. The summed E-state index contributed by atoms with van der Waals surface area (Å²) in [6.07, 6.45) is 6.62. The average Bonchev–Trinajstić information content (AvgIpc) is 2.76. The lowest BCUT2D eigenvalue weighted by atomic mass is 9.63. The van der Waals surface area contributed by atoms with E-state index < -0.39 is 6.04 Å². The first-order chi connectivity index (χ1) is 9.97. The van der Waals surface area contributed by atoms with Crippen molar-refractivity contribution in [3.05, 3.63) is 12.2 Å². The second-order valence-corrected chi connectivity index (χ2v) is 6.54. The minimum Gasteiger partial charge on any atom is -0.347 e. The zero-order valence-electron chi connectivity index (χ0n) is 12.8. The summed E-state index contributed by atoms with van der Waals surface area (Å²) in [6.45, 7) is 1.85. The van der Waals surface area contributed by atoms with Crippen LogP contribution in [0.25, 0.3) is 0 Å². The smallest absolute Gasteiger partial charge is 0.245 e. The van der Waals surface area contributed by atoms with E-state index in [0.717, 1.165) is 12.8 Å². The molecule has 1 heterocycles. The number of nitrogens with zero attached hydrogens (tertiary/aromatic N) is 2. The highest BCUT2D eigenvalue weighted by Crippen LogP contribution is 2.50. The molecule has 0 radical (unpaired) electrons. The van der Waals surface area contributed by atoms with E-state index in [1.54, 1.807) is 14.1 Å². The number of amides is 3. The van der Waals surface area contributed by atoms with Crippen LogP contribution in [-0.2, 0) is 14.4 Å². The Hall–Kier alpha value is -1.65. The lowest BCUT2D eigenvalue weighted by Crippen LogP contribution is -2.49. The molecule has 5 atom stereocenters. The summed E-state index contributed by atoms with van der Waals surface area (Å²) in [6, 6.07) is -0.648. The van der Waals surface area contributed by atoms with Gasteiger partial charge < -0.3 is 4.90 Å². The number of fused-ring (bicyclic) bond motifs is 1. The van der Waals surface area contributed by atoms with Gasteiger partial charge in [0.1, 0.15) is 6.04 Å². The quantitative estimate of drug-likeness (QED) is 0.576. The van der Waals surface area contributed by atoms with Crippen LogP contribution in [-0.4, -0.2) is 47.7 Å². The van der Waals surface area contributed by atoms with Crippen molar-refractivity contribution >= 4 is 17.7 Å². The van der Waals surface area contributed by atoms with E-state index in [1.165, 1.54) is 9.80 Å². The maximum atomic E-state index is 12.8. The van der Waals surface area contributed by atoms with Gasteiger partial charge in [-0.3, -0.25) is 19.3 Å². The minimum absolute atomic E-state index is 0.133. The fourth-order valence-electron chi connectivity index (χ4n) is 4.17. The van der Waals surface area contributed by atoms with Crippen molar-refractivity contribution in [1.82, 2.24) is 9.80 Å². The highest BCUT2D eigenvalue weighted by Gasteiger charge is 2.58. The van der Waals surface area contributed by atoms with Gasteiger partial charge in [0.15, 0.2) is 0 Å². The molecule has 4 rings (SSSR count). The highest BCUT2D eigenvalue weighted by molar-refractivity contribution is 6.09. The second-order valence-electron chi connectivity index (χ2n) is 6.54. The molecule has 114 valence electrons. The molecule has 1 aliphatic heterocycles. The molecule has 0 unspecified atom stereocenters. The fourth-order valence-corrected chi connectivity index (χ4v) is 4.17. The number of likely N-dealkylation sites (tertiary alicyclic amines) is 1. The standard InChI is InChI=1S/C16H22N2O3/c1-4-11(14(19)17(2)3)18-15(20)12-9-5-6-10(8-7-9)13(12)16(18)21/h5-6,9-13H,4,7-8H2,1-3H3/t9-,10-,11+,12-,13+/m0/s1. The number of hydrogen-bond acceptors (Lipinski definition) is 3. The largest absolute Gasteiger partial charge is 0.347 e. The second kappa shape index (κ2) is 4.97. The summed E-state index contributed by atoms with van der Waals surface area (Å²) in [7, 11) is 3.32. The van der Waals surface area contributed by atoms with Crippen molar-refractivity contribution < 1.29 is 14.4 Å². The van der Waals surface area contributed by atoms with Crippen molar-refractivity contribution in [2.75, 3.05) is 14.1 Å². The third-order valence-electron chi connectivity index (χ3n) is 5.22. The van der Waals surface area contributed by atoms with Gasteiger partial charge >= 0.3 is 0 Å². The molecular weight excluding hydrogens is 268 g/mol. The molecule has 2 fully saturated rings. The lowest BCUT2D eigenvalue weighted by molar-refractivity contribution is -0.150. The monoisotopic (exact) mass is 290 g/mol. The number of likely N-dealkylation sites (N-methyl/N-ethyl adjacent to an activating group) is 1. The predicted molar refractivity (Wildman–Crippen MR) is 77.0 cm³/mol. The topological polar surface area (TPSA) is 57.7 Å². The summed E-state index contributed by atoms with van der Waals surface area (Å²) >= 11 is 0. The molecule has 0 spiro atoms. The van der Waals surface area contributed by atoms with Crippen molar-refractivity contribution in [3.8, 4) is 0 Å². The van der Waals surface area contributed by atoms with Gasteiger partial charge in [0.2, 0.25) is 17.7 Å². The van der Waals surface area contributed by atoms with Crippen molar-refractivity contribution in [1.29, 1.82) is 0 Å². The zero-order chi connectivity index (χ0) is 15.3. The van der Waals surface area contributed by atoms with Crippen molar-refractivity contribution in [2.45, 2.75) is 32.2 Å². The van der Waals surface area contributed by atoms with Crippen molar-refractivity contribution in [2.24, 2.45) is 23.7 Å². The molecule has 0 aromatic heterocycles. The van der Waals surface area contributed by atoms with Gasteiger partial charge in [-0.25, -0.2) is 0 Å². The van der Waals surface area contributed by atoms with Crippen LogP contribution in [0.1, 0.15) is 26.2 Å². The normalized spacial score (nSPS) is 35.1. The zero-order valence-corrected chi connectivity index (χ0v) is 12.8. The maximum absolute atomic E-state index is 12.8. The van der Waals surface area contributed by atoms with Crippen LogP contribution >= 0.6 is 0 Å². The Kier molecular flexibility index (Phi) is 3.38. The van der Waals surface area contributed by atoms with E-state index in [0.29, 0.717) is 6.42 Å². The molecule has 5 heteroatoms. The van der Waals surface area contributed by atoms with E-state index in [2.05, 4.69) is 12.2 Å². The van der Waals surface area contributed by atoms with Gasteiger partial charge in [-0.05, 0) is 31.1 Å². The fraction of sp³-hybridized carbons (Fsp3) is 0.688. The molecule has 0 aromatic rings. The lowest BCUT2D eigenvalue weighted by Gasteiger charge is -2.38. The van der Waals surface area contributed by atoms with Gasteiger partial charge in [-0.1, -0.05) is 19.1 Å². The molecule has 1 saturated heterocycles. The Bertz CT molecular complexity index is 494. The van der Waals surface area contributed by atoms with Crippen LogP contribution in [0.4, 0.5) is 0 Å². The number of rotatable bonds is 3. The third kappa shape index (κ3) is 1.93. The number of carbonyl (C=O) groups excluding carboxylic acids is 3. The molecule has 5 nitrogen and oxygen atoms in total. The maximum Gasteiger partial charge on any atom is 0.245 e. The van der Waals surface area contributed by atoms with Crippen LogP contribution < -0.4 is 0 Å². The summed E-state index contributed by atoms with van der Waals surface area (Å²) < 4.78 is 0. The van der Waals surface area contributed by atoms with E-state index >= 15 is 0 Å².